The van der Waals surface area contributed by atoms with E-state index in [1.54, 1.807) is 0 Å². The lowest BCUT2D eigenvalue weighted by atomic mass is 10.1. The number of hydrogen-bond acceptors (Lipinski definition) is 2. The molecule has 0 aliphatic heterocycles. The van der Waals surface area contributed by atoms with Crippen molar-refractivity contribution in [1.29, 1.82) is 0 Å². The normalized spacial score (nSPS) is 11.2. The number of rotatable bonds is 6. The summed E-state index contributed by atoms with van der Waals surface area (Å²) in [4.78, 5) is 0. The molecule has 108 valence electrons. The summed E-state index contributed by atoms with van der Waals surface area (Å²) in [6.07, 6.45) is 3.19. The van der Waals surface area contributed by atoms with Crippen molar-refractivity contribution in [1.82, 2.24) is 15.1 Å². The third-order valence-electron chi connectivity index (χ3n) is 3.63. The molecular weight excluding hydrogens is 246 g/mol. The van der Waals surface area contributed by atoms with Crippen LogP contribution in [0.25, 0.3) is 0 Å². The molecule has 0 fully saturated rings. The molecule has 2 rings (SSSR count). The van der Waals surface area contributed by atoms with Gasteiger partial charge in [-0.1, -0.05) is 38.1 Å². The zero-order valence-corrected chi connectivity index (χ0v) is 13.0. The standard InChI is InChI=1S/C17H25N3/c1-13(2)17-16(12-20(4)19-17)11-18-10-9-15-8-6-5-7-14(15)3/h5-8,12-13,18H,9-11H2,1-4H3. The van der Waals surface area contributed by atoms with Crippen LogP contribution in [0.5, 0.6) is 0 Å². The first-order chi connectivity index (χ1) is 9.58. The summed E-state index contributed by atoms with van der Waals surface area (Å²) in [5.41, 5.74) is 5.32. The second kappa shape index (κ2) is 6.71. The molecule has 0 atom stereocenters. The van der Waals surface area contributed by atoms with Crippen molar-refractivity contribution < 1.29 is 0 Å². The summed E-state index contributed by atoms with van der Waals surface area (Å²) in [6, 6.07) is 8.59. The van der Waals surface area contributed by atoms with E-state index in [-0.39, 0.29) is 0 Å². The van der Waals surface area contributed by atoms with Crippen LogP contribution in [0.2, 0.25) is 0 Å². The van der Waals surface area contributed by atoms with Gasteiger partial charge in [0.05, 0.1) is 5.69 Å². The minimum Gasteiger partial charge on any atom is -0.312 e. The van der Waals surface area contributed by atoms with Gasteiger partial charge in [-0.25, -0.2) is 0 Å². The number of benzene rings is 1. The Hall–Kier alpha value is -1.61. The van der Waals surface area contributed by atoms with Gasteiger partial charge in [0.2, 0.25) is 0 Å². The van der Waals surface area contributed by atoms with Gasteiger partial charge in [-0.05, 0) is 36.9 Å². The van der Waals surface area contributed by atoms with Crippen molar-refractivity contribution in [2.24, 2.45) is 7.05 Å². The van der Waals surface area contributed by atoms with Gasteiger partial charge < -0.3 is 5.32 Å². The minimum atomic E-state index is 0.476. The van der Waals surface area contributed by atoms with E-state index in [0.29, 0.717) is 5.92 Å². The average molecular weight is 271 g/mol. The fourth-order valence-electron chi connectivity index (χ4n) is 2.51. The molecule has 2 aromatic rings. The van der Waals surface area contributed by atoms with Crippen LogP contribution in [-0.2, 0) is 20.0 Å². The maximum absolute atomic E-state index is 4.54. The van der Waals surface area contributed by atoms with Gasteiger partial charge in [0.15, 0.2) is 0 Å². The lowest BCUT2D eigenvalue weighted by Crippen LogP contribution is -2.17. The van der Waals surface area contributed by atoms with Crippen LogP contribution in [0.3, 0.4) is 0 Å². The van der Waals surface area contributed by atoms with Crippen molar-refractivity contribution in [2.75, 3.05) is 6.54 Å². The van der Waals surface area contributed by atoms with E-state index in [1.807, 2.05) is 11.7 Å². The van der Waals surface area contributed by atoms with Gasteiger partial charge in [-0.3, -0.25) is 4.68 Å². The first-order valence-electron chi connectivity index (χ1n) is 7.35. The van der Waals surface area contributed by atoms with E-state index in [4.69, 9.17) is 0 Å². The van der Waals surface area contributed by atoms with Crippen LogP contribution in [0.15, 0.2) is 30.5 Å². The Bertz CT molecular complexity index is 555. The van der Waals surface area contributed by atoms with Crippen molar-refractivity contribution in [2.45, 2.75) is 39.7 Å². The molecule has 1 N–H and O–H groups in total. The fraction of sp³-hybridized carbons (Fsp3) is 0.471. The molecule has 0 radical (unpaired) electrons. The predicted octanol–water partition coefficient (Wildman–Crippen LogP) is 3.18. The quantitative estimate of drug-likeness (QED) is 0.818. The highest BCUT2D eigenvalue weighted by atomic mass is 15.3. The fourth-order valence-corrected chi connectivity index (χ4v) is 2.51. The molecule has 0 spiro atoms. The second-order valence-electron chi connectivity index (χ2n) is 5.72. The number of nitrogens with zero attached hydrogens (tertiary/aromatic N) is 2. The largest absolute Gasteiger partial charge is 0.312 e. The molecule has 20 heavy (non-hydrogen) atoms. The summed E-state index contributed by atoms with van der Waals surface area (Å²) in [5.74, 6) is 0.476. The van der Waals surface area contributed by atoms with Crippen LogP contribution >= 0.6 is 0 Å². The Morgan fingerprint density at radius 1 is 1.20 bits per heavy atom. The number of nitrogens with one attached hydrogen (secondary N) is 1. The molecule has 3 nitrogen and oxygen atoms in total. The van der Waals surface area contributed by atoms with E-state index >= 15 is 0 Å². The first kappa shape index (κ1) is 14.8. The average Bonchev–Trinajstić information content (AvgIpc) is 2.78. The van der Waals surface area contributed by atoms with Crippen molar-refractivity contribution >= 4 is 0 Å². The van der Waals surface area contributed by atoms with Crippen molar-refractivity contribution in [3.05, 3.63) is 52.8 Å². The second-order valence-corrected chi connectivity index (χ2v) is 5.72. The molecule has 0 aliphatic rings. The van der Waals surface area contributed by atoms with Gasteiger partial charge in [0.1, 0.15) is 0 Å². The van der Waals surface area contributed by atoms with Crippen molar-refractivity contribution in [3.8, 4) is 0 Å². The molecule has 0 amide bonds. The van der Waals surface area contributed by atoms with Gasteiger partial charge in [0.25, 0.3) is 0 Å². The Morgan fingerprint density at radius 3 is 2.65 bits per heavy atom. The van der Waals surface area contributed by atoms with E-state index in [2.05, 4.69) is 61.6 Å². The highest BCUT2D eigenvalue weighted by Gasteiger charge is 2.10. The van der Waals surface area contributed by atoms with E-state index < -0.39 is 0 Å². The molecule has 3 heteroatoms. The molecular formula is C17H25N3. The van der Waals surface area contributed by atoms with E-state index in [9.17, 15) is 0 Å². The van der Waals surface area contributed by atoms with Gasteiger partial charge in [0, 0.05) is 25.4 Å². The highest BCUT2D eigenvalue weighted by Crippen LogP contribution is 2.17. The Kier molecular flexibility index (Phi) is 4.96. The summed E-state index contributed by atoms with van der Waals surface area (Å²) in [6.45, 7) is 8.45. The molecule has 1 heterocycles. The van der Waals surface area contributed by atoms with Gasteiger partial charge in [-0.15, -0.1) is 0 Å². The molecule has 1 aromatic heterocycles. The molecule has 0 unspecified atom stereocenters. The molecule has 0 saturated carbocycles. The maximum Gasteiger partial charge on any atom is 0.0694 e. The lowest BCUT2D eigenvalue weighted by molar-refractivity contribution is 0.673. The lowest BCUT2D eigenvalue weighted by Gasteiger charge is -2.08. The van der Waals surface area contributed by atoms with Gasteiger partial charge in [-0.2, -0.15) is 5.10 Å². The van der Waals surface area contributed by atoms with Crippen LogP contribution in [0.1, 0.15) is 42.1 Å². The molecule has 0 bridgehead atoms. The zero-order valence-electron chi connectivity index (χ0n) is 13.0. The smallest absolute Gasteiger partial charge is 0.0694 e. The number of aryl methyl sites for hydroxylation is 2. The highest BCUT2D eigenvalue weighted by molar-refractivity contribution is 5.26. The summed E-state index contributed by atoms with van der Waals surface area (Å²) in [5, 5.41) is 8.07. The van der Waals surface area contributed by atoms with E-state index in [0.717, 1.165) is 19.5 Å². The third-order valence-corrected chi connectivity index (χ3v) is 3.63. The summed E-state index contributed by atoms with van der Waals surface area (Å²) < 4.78 is 1.91. The van der Waals surface area contributed by atoms with Crippen LogP contribution in [0.4, 0.5) is 0 Å². The summed E-state index contributed by atoms with van der Waals surface area (Å²) in [7, 11) is 1.99. The maximum atomic E-state index is 4.54. The van der Waals surface area contributed by atoms with Crippen LogP contribution < -0.4 is 5.32 Å². The molecule has 1 aromatic carbocycles. The zero-order chi connectivity index (χ0) is 14.5. The number of hydrogen-bond donors (Lipinski definition) is 1. The summed E-state index contributed by atoms with van der Waals surface area (Å²) >= 11 is 0. The monoisotopic (exact) mass is 271 g/mol. The van der Waals surface area contributed by atoms with Crippen molar-refractivity contribution in [3.63, 3.8) is 0 Å². The van der Waals surface area contributed by atoms with Gasteiger partial charge >= 0.3 is 0 Å². The van der Waals surface area contributed by atoms with E-state index in [1.165, 1.54) is 22.4 Å². The minimum absolute atomic E-state index is 0.476. The first-order valence-corrected chi connectivity index (χ1v) is 7.35. The molecule has 0 saturated heterocycles. The molecule has 0 aliphatic carbocycles. The Labute approximate surface area is 122 Å². The van der Waals surface area contributed by atoms with Crippen LogP contribution in [0, 0.1) is 6.92 Å². The number of aromatic nitrogens is 2. The third kappa shape index (κ3) is 3.70. The Morgan fingerprint density at radius 2 is 1.95 bits per heavy atom. The topological polar surface area (TPSA) is 29.9 Å². The SMILES string of the molecule is Cc1ccccc1CCNCc1cn(C)nc1C(C)C. The van der Waals surface area contributed by atoms with Crippen LogP contribution in [-0.4, -0.2) is 16.3 Å². The predicted molar refractivity (Wildman–Crippen MR) is 83.9 cm³/mol. The Balaban J connectivity index is 1.86.